The number of rotatable bonds is 5. The Morgan fingerprint density at radius 2 is 1.94 bits per heavy atom. The molecule has 1 rings (SSSR count). The standard InChI is InChI=1S/C13H24O3/c1-5-16-11(14)12(2,3)13(4,15)9-10-7-6-8-10/h10,15H,5-9H2,1-4H3. The molecule has 1 N–H and O–H groups in total. The van der Waals surface area contributed by atoms with Gasteiger partial charge in [-0.1, -0.05) is 19.3 Å². The normalized spacial score (nSPS) is 21.1. The summed E-state index contributed by atoms with van der Waals surface area (Å²) in [6.45, 7) is 7.44. The predicted octanol–water partition coefficient (Wildman–Crippen LogP) is 2.52. The molecule has 16 heavy (non-hydrogen) atoms. The van der Waals surface area contributed by atoms with Gasteiger partial charge in [0.05, 0.1) is 17.6 Å². The van der Waals surface area contributed by atoms with Gasteiger partial charge in [0.2, 0.25) is 0 Å². The van der Waals surface area contributed by atoms with Crippen molar-refractivity contribution in [3.63, 3.8) is 0 Å². The first-order valence-corrected chi connectivity index (χ1v) is 6.21. The van der Waals surface area contributed by atoms with E-state index in [2.05, 4.69) is 0 Å². The van der Waals surface area contributed by atoms with Gasteiger partial charge in [0.1, 0.15) is 0 Å². The van der Waals surface area contributed by atoms with Gasteiger partial charge in [-0.2, -0.15) is 0 Å². The van der Waals surface area contributed by atoms with E-state index in [-0.39, 0.29) is 5.97 Å². The monoisotopic (exact) mass is 228 g/mol. The molecular formula is C13H24O3. The van der Waals surface area contributed by atoms with E-state index in [0.29, 0.717) is 18.9 Å². The molecule has 0 aliphatic heterocycles. The highest BCUT2D eigenvalue weighted by Crippen LogP contribution is 2.42. The summed E-state index contributed by atoms with van der Waals surface area (Å²) in [7, 11) is 0. The van der Waals surface area contributed by atoms with Crippen LogP contribution in [-0.2, 0) is 9.53 Å². The van der Waals surface area contributed by atoms with Crippen LogP contribution in [0.15, 0.2) is 0 Å². The maximum Gasteiger partial charge on any atom is 0.314 e. The molecule has 1 unspecified atom stereocenters. The van der Waals surface area contributed by atoms with Crippen molar-refractivity contribution in [3.05, 3.63) is 0 Å². The molecule has 0 radical (unpaired) electrons. The maximum atomic E-state index is 11.8. The molecule has 0 saturated heterocycles. The zero-order valence-corrected chi connectivity index (χ0v) is 10.9. The lowest BCUT2D eigenvalue weighted by molar-refractivity contribution is -0.171. The number of carbonyl (C=O) groups excluding carboxylic acids is 1. The molecule has 0 aromatic carbocycles. The van der Waals surface area contributed by atoms with Crippen molar-refractivity contribution >= 4 is 5.97 Å². The van der Waals surface area contributed by atoms with Crippen molar-refractivity contribution in [1.29, 1.82) is 0 Å². The van der Waals surface area contributed by atoms with Crippen molar-refractivity contribution < 1.29 is 14.6 Å². The number of aliphatic hydroxyl groups is 1. The average molecular weight is 228 g/mol. The highest BCUT2D eigenvalue weighted by Gasteiger charge is 2.47. The molecule has 0 aromatic rings. The fraction of sp³-hybridized carbons (Fsp3) is 0.923. The third kappa shape index (κ3) is 2.57. The van der Waals surface area contributed by atoms with Crippen molar-refractivity contribution in [2.45, 2.75) is 59.0 Å². The van der Waals surface area contributed by atoms with E-state index in [1.54, 1.807) is 27.7 Å². The molecule has 0 bridgehead atoms. The molecule has 94 valence electrons. The molecule has 0 spiro atoms. The lowest BCUT2D eigenvalue weighted by atomic mass is 9.67. The molecule has 3 nitrogen and oxygen atoms in total. The van der Waals surface area contributed by atoms with Crippen LogP contribution in [0.4, 0.5) is 0 Å². The summed E-state index contributed by atoms with van der Waals surface area (Å²) < 4.78 is 5.03. The van der Waals surface area contributed by atoms with Crippen LogP contribution in [0.3, 0.4) is 0 Å². The number of hydrogen-bond donors (Lipinski definition) is 1. The number of hydrogen-bond acceptors (Lipinski definition) is 3. The Morgan fingerprint density at radius 1 is 1.38 bits per heavy atom. The third-order valence-corrected chi connectivity index (χ3v) is 4.04. The second-order valence-corrected chi connectivity index (χ2v) is 5.62. The van der Waals surface area contributed by atoms with Crippen LogP contribution in [0.1, 0.15) is 53.4 Å². The van der Waals surface area contributed by atoms with Crippen molar-refractivity contribution in [1.82, 2.24) is 0 Å². The Hall–Kier alpha value is -0.570. The van der Waals surface area contributed by atoms with E-state index < -0.39 is 11.0 Å². The summed E-state index contributed by atoms with van der Waals surface area (Å²) in [6, 6.07) is 0. The Balaban J connectivity index is 2.66. The highest BCUT2D eigenvalue weighted by molar-refractivity contribution is 5.77. The van der Waals surface area contributed by atoms with Crippen LogP contribution in [0, 0.1) is 11.3 Å². The molecule has 3 heteroatoms. The summed E-state index contributed by atoms with van der Waals surface area (Å²) in [6.07, 6.45) is 4.30. The van der Waals surface area contributed by atoms with Gasteiger partial charge in [0, 0.05) is 0 Å². The first-order chi connectivity index (χ1) is 7.31. The fourth-order valence-corrected chi connectivity index (χ4v) is 2.05. The van der Waals surface area contributed by atoms with E-state index in [4.69, 9.17) is 4.74 Å². The fourth-order valence-electron chi connectivity index (χ4n) is 2.05. The summed E-state index contributed by atoms with van der Waals surface area (Å²) in [5.74, 6) is 0.267. The average Bonchev–Trinajstić information content (AvgIpc) is 2.12. The zero-order chi connectivity index (χ0) is 12.4. The maximum absolute atomic E-state index is 11.8. The van der Waals surface area contributed by atoms with Crippen LogP contribution in [0.5, 0.6) is 0 Å². The van der Waals surface area contributed by atoms with E-state index in [1.807, 2.05) is 0 Å². The lowest BCUT2D eigenvalue weighted by Crippen LogP contribution is -2.49. The first-order valence-electron chi connectivity index (χ1n) is 6.21. The Morgan fingerprint density at radius 3 is 2.31 bits per heavy atom. The summed E-state index contributed by atoms with van der Waals surface area (Å²) in [5.41, 5.74) is -1.82. The van der Waals surface area contributed by atoms with Crippen molar-refractivity contribution in [2.24, 2.45) is 11.3 Å². The molecule has 1 fully saturated rings. The second kappa shape index (κ2) is 4.74. The molecule has 1 aliphatic carbocycles. The van der Waals surface area contributed by atoms with E-state index in [1.165, 1.54) is 19.3 Å². The minimum absolute atomic E-state index is 0.306. The van der Waals surface area contributed by atoms with Gasteiger partial charge >= 0.3 is 5.97 Å². The highest BCUT2D eigenvalue weighted by atomic mass is 16.5. The van der Waals surface area contributed by atoms with E-state index >= 15 is 0 Å². The minimum Gasteiger partial charge on any atom is -0.465 e. The van der Waals surface area contributed by atoms with E-state index in [9.17, 15) is 9.90 Å². The topological polar surface area (TPSA) is 46.5 Å². The van der Waals surface area contributed by atoms with Gasteiger partial charge in [0.25, 0.3) is 0 Å². The van der Waals surface area contributed by atoms with Gasteiger partial charge in [-0.15, -0.1) is 0 Å². The van der Waals surface area contributed by atoms with E-state index in [0.717, 1.165) is 0 Å². The zero-order valence-electron chi connectivity index (χ0n) is 10.9. The molecule has 0 heterocycles. The number of ether oxygens (including phenoxy) is 1. The lowest BCUT2D eigenvalue weighted by Gasteiger charge is -2.42. The minimum atomic E-state index is -0.982. The quantitative estimate of drug-likeness (QED) is 0.735. The van der Waals surface area contributed by atoms with Crippen molar-refractivity contribution in [3.8, 4) is 0 Å². The van der Waals surface area contributed by atoms with Crippen LogP contribution in [-0.4, -0.2) is 23.3 Å². The summed E-state index contributed by atoms with van der Waals surface area (Å²) in [4.78, 5) is 11.8. The molecule has 0 aromatic heterocycles. The third-order valence-electron chi connectivity index (χ3n) is 4.04. The first kappa shape index (κ1) is 13.5. The molecule has 1 atom stereocenters. The van der Waals surface area contributed by atoms with Gasteiger partial charge in [-0.25, -0.2) is 0 Å². The van der Waals surface area contributed by atoms with Crippen molar-refractivity contribution in [2.75, 3.05) is 6.61 Å². The molecule has 0 amide bonds. The van der Waals surface area contributed by atoms with Gasteiger partial charge in [-0.05, 0) is 40.0 Å². The Kier molecular flexibility index (Phi) is 4.00. The van der Waals surface area contributed by atoms with Gasteiger partial charge in [-0.3, -0.25) is 4.79 Å². The number of carbonyl (C=O) groups is 1. The van der Waals surface area contributed by atoms with Crippen LogP contribution in [0.25, 0.3) is 0 Å². The van der Waals surface area contributed by atoms with Crippen LogP contribution < -0.4 is 0 Å². The van der Waals surface area contributed by atoms with Gasteiger partial charge in [0.15, 0.2) is 0 Å². The van der Waals surface area contributed by atoms with Gasteiger partial charge < -0.3 is 9.84 Å². The SMILES string of the molecule is CCOC(=O)C(C)(C)C(C)(O)CC1CCC1. The predicted molar refractivity (Wildman–Crippen MR) is 63.0 cm³/mol. The molecule has 1 saturated carbocycles. The second-order valence-electron chi connectivity index (χ2n) is 5.62. The van der Waals surface area contributed by atoms with Crippen LogP contribution in [0.2, 0.25) is 0 Å². The Bertz CT molecular complexity index is 252. The van der Waals surface area contributed by atoms with Crippen LogP contribution >= 0.6 is 0 Å². The largest absolute Gasteiger partial charge is 0.465 e. The summed E-state index contributed by atoms with van der Waals surface area (Å²) in [5, 5.41) is 10.5. The summed E-state index contributed by atoms with van der Waals surface area (Å²) >= 11 is 0. The molecule has 1 aliphatic rings. The number of esters is 1. The smallest absolute Gasteiger partial charge is 0.314 e. The Labute approximate surface area is 98.2 Å². The molecular weight excluding hydrogens is 204 g/mol.